The molecule has 0 radical (unpaired) electrons. The van der Waals surface area contributed by atoms with Crippen LogP contribution in [0.25, 0.3) is 0 Å². The summed E-state index contributed by atoms with van der Waals surface area (Å²) in [5.41, 5.74) is 13.3. The molecule has 0 bridgehead atoms. The van der Waals surface area contributed by atoms with E-state index in [0.29, 0.717) is 16.6 Å². The van der Waals surface area contributed by atoms with Gasteiger partial charge in [0.15, 0.2) is 5.96 Å². The van der Waals surface area contributed by atoms with Gasteiger partial charge >= 0.3 is 0 Å². The molecule has 1 heterocycles. The Morgan fingerprint density at radius 1 is 1.60 bits per heavy atom. The van der Waals surface area contributed by atoms with Crippen LogP contribution in [0.5, 0.6) is 0 Å². The fourth-order valence-electron chi connectivity index (χ4n) is 1.03. The zero-order chi connectivity index (χ0) is 15.0. The number of rotatable bonds is 8. The van der Waals surface area contributed by atoms with Crippen LogP contribution < -0.4 is 21.7 Å². The molecule has 1 atom stereocenters. The standard InChI is InChI=1S/C8H14N6O3S3/c9-7(10)12-8-11-5(4-19-8)3-18-2-1-6(15)13-14-20(16)17/h4,14H,1-3H2,(H,13,15)(H,16,17)(H4,9,10,11,12)/p-1. The average Bonchev–Trinajstić information content (AvgIpc) is 2.79. The molecule has 1 amide bonds. The minimum absolute atomic E-state index is 0.0431. The maximum absolute atomic E-state index is 11.2. The Kier molecular flexibility index (Phi) is 7.46. The van der Waals surface area contributed by atoms with Crippen molar-refractivity contribution in [2.75, 3.05) is 5.75 Å². The van der Waals surface area contributed by atoms with Gasteiger partial charge in [0.25, 0.3) is 0 Å². The zero-order valence-electron chi connectivity index (χ0n) is 10.2. The van der Waals surface area contributed by atoms with Gasteiger partial charge in [0.1, 0.15) is 0 Å². The largest absolute Gasteiger partial charge is 0.759 e. The topological polar surface area (TPSA) is 159 Å². The van der Waals surface area contributed by atoms with Crippen molar-refractivity contribution < 1.29 is 13.6 Å². The third-order valence-electron chi connectivity index (χ3n) is 1.76. The van der Waals surface area contributed by atoms with Crippen molar-refractivity contribution in [3.8, 4) is 0 Å². The highest BCUT2D eigenvalue weighted by Crippen LogP contribution is 2.21. The van der Waals surface area contributed by atoms with E-state index < -0.39 is 17.2 Å². The van der Waals surface area contributed by atoms with Crippen molar-refractivity contribution in [1.29, 1.82) is 0 Å². The van der Waals surface area contributed by atoms with E-state index in [1.807, 2.05) is 10.8 Å². The summed E-state index contributed by atoms with van der Waals surface area (Å²) in [6.45, 7) is 0. The van der Waals surface area contributed by atoms with E-state index >= 15 is 0 Å². The highest BCUT2D eigenvalue weighted by atomic mass is 32.2. The number of aliphatic imine (C=N–C) groups is 1. The Bertz CT molecular complexity index is 501. The van der Waals surface area contributed by atoms with Crippen molar-refractivity contribution >= 4 is 51.4 Å². The van der Waals surface area contributed by atoms with Gasteiger partial charge in [-0.1, -0.05) is 0 Å². The number of thiazole rings is 1. The Morgan fingerprint density at radius 2 is 2.35 bits per heavy atom. The molecule has 0 saturated carbocycles. The number of carbonyl (C=O) groups is 1. The van der Waals surface area contributed by atoms with Crippen LogP contribution in [-0.4, -0.2) is 31.4 Å². The lowest BCUT2D eigenvalue weighted by Gasteiger charge is -2.08. The maximum atomic E-state index is 11.2. The molecule has 20 heavy (non-hydrogen) atoms. The molecule has 0 aromatic carbocycles. The van der Waals surface area contributed by atoms with E-state index in [4.69, 9.17) is 11.5 Å². The molecule has 6 N–H and O–H groups in total. The first-order chi connectivity index (χ1) is 9.47. The minimum Gasteiger partial charge on any atom is -0.759 e. The molecule has 0 aliphatic heterocycles. The summed E-state index contributed by atoms with van der Waals surface area (Å²) in [6, 6.07) is 0. The Labute approximate surface area is 126 Å². The average molecular weight is 337 g/mol. The molecule has 1 unspecified atom stereocenters. The first-order valence-electron chi connectivity index (χ1n) is 5.23. The number of nitrogens with one attached hydrogen (secondary N) is 2. The molecule has 1 rings (SSSR count). The van der Waals surface area contributed by atoms with Gasteiger partial charge in [-0.3, -0.25) is 14.4 Å². The molecule has 12 heteroatoms. The van der Waals surface area contributed by atoms with Crippen LogP contribution >= 0.6 is 23.1 Å². The highest BCUT2D eigenvalue weighted by Gasteiger charge is 2.04. The van der Waals surface area contributed by atoms with Gasteiger partial charge in [-0.15, -0.1) is 11.3 Å². The zero-order valence-corrected chi connectivity index (χ0v) is 12.6. The van der Waals surface area contributed by atoms with Crippen LogP contribution in [0.2, 0.25) is 0 Å². The monoisotopic (exact) mass is 337 g/mol. The molecule has 0 fully saturated rings. The van der Waals surface area contributed by atoms with Crippen molar-refractivity contribution in [2.45, 2.75) is 12.2 Å². The summed E-state index contributed by atoms with van der Waals surface area (Å²) >= 11 is 0.310. The fourth-order valence-corrected chi connectivity index (χ4v) is 2.87. The van der Waals surface area contributed by atoms with Gasteiger partial charge in [0.05, 0.1) is 5.69 Å². The first kappa shape index (κ1) is 16.8. The number of amides is 1. The van der Waals surface area contributed by atoms with Gasteiger partial charge in [-0.05, 0) is 0 Å². The fraction of sp³-hybridized carbons (Fsp3) is 0.375. The van der Waals surface area contributed by atoms with Gasteiger partial charge < -0.3 is 16.0 Å². The smallest absolute Gasteiger partial charge is 0.235 e. The summed E-state index contributed by atoms with van der Waals surface area (Å²) in [5.74, 6) is 0.707. The lowest BCUT2D eigenvalue weighted by atomic mass is 10.5. The predicted molar refractivity (Wildman–Crippen MR) is 78.6 cm³/mol. The highest BCUT2D eigenvalue weighted by molar-refractivity contribution is 7.98. The molecule has 112 valence electrons. The maximum Gasteiger partial charge on any atom is 0.235 e. The van der Waals surface area contributed by atoms with E-state index in [1.165, 1.54) is 23.1 Å². The summed E-state index contributed by atoms with van der Waals surface area (Å²) in [5, 5.41) is 2.32. The second-order valence-corrected chi connectivity index (χ2v) is 5.96. The SMILES string of the molecule is NC(N)=Nc1nc(CSCCC(=O)NNS(=O)[O-])cs1. The summed E-state index contributed by atoms with van der Waals surface area (Å²) in [4.78, 5) is 20.9. The lowest BCUT2D eigenvalue weighted by Crippen LogP contribution is -2.38. The molecule has 0 aliphatic rings. The van der Waals surface area contributed by atoms with E-state index in [-0.39, 0.29) is 12.4 Å². The number of hydrazine groups is 1. The van der Waals surface area contributed by atoms with Gasteiger partial charge in [0, 0.05) is 34.6 Å². The molecule has 0 saturated heterocycles. The third kappa shape index (κ3) is 7.40. The van der Waals surface area contributed by atoms with E-state index in [2.05, 4.69) is 9.98 Å². The summed E-state index contributed by atoms with van der Waals surface area (Å²) < 4.78 is 20.3. The number of guanidine groups is 1. The second-order valence-electron chi connectivity index (χ2n) is 3.35. The minimum atomic E-state index is -2.51. The second kappa shape index (κ2) is 8.86. The van der Waals surface area contributed by atoms with Crippen molar-refractivity contribution in [3.05, 3.63) is 11.1 Å². The van der Waals surface area contributed by atoms with Crippen LogP contribution in [0.15, 0.2) is 10.4 Å². The van der Waals surface area contributed by atoms with Crippen molar-refractivity contribution in [3.63, 3.8) is 0 Å². The number of nitrogens with two attached hydrogens (primary N) is 2. The Hall–Kier alpha value is -1.21. The van der Waals surface area contributed by atoms with E-state index in [9.17, 15) is 13.6 Å². The summed E-state index contributed by atoms with van der Waals surface area (Å²) in [7, 11) is 0. The normalized spacial score (nSPS) is 11.8. The number of hydrogen-bond acceptors (Lipinski definition) is 7. The van der Waals surface area contributed by atoms with Crippen LogP contribution in [0.1, 0.15) is 12.1 Å². The number of hydrogen-bond donors (Lipinski definition) is 4. The molecular formula is C8H13N6O3S3-. The Morgan fingerprint density at radius 3 is 3.00 bits per heavy atom. The van der Waals surface area contributed by atoms with Crippen molar-refractivity contribution in [2.24, 2.45) is 16.5 Å². The molecule has 0 aliphatic carbocycles. The van der Waals surface area contributed by atoms with Crippen LogP contribution in [0.4, 0.5) is 5.13 Å². The van der Waals surface area contributed by atoms with E-state index in [1.54, 1.807) is 4.83 Å². The number of thioether (sulfide) groups is 1. The number of carbonyl (C=O) groups excluding carboxylic acids is 1. The molecular weight excluding hydrogens is 324 g/mol. The Balaban J connectivity index is 2.21. The third-order valence-corrected chi connectivity index (χ3v) is 3.81. The number of nitrogens with zero attached hydrogens (tertiary/aromatic N) is 2. The predicted octanol–water partition coefficient (Wildman–Crippen LogP) is -0.914. The van der Waals surface area contributed by atoms with Gasteiger partial charge in [-0.2, -0.15) is 21.6 Å². The van der Waals surface area contributed by atoms with Crippen LogP contribution in [0, 0.1) is 0 Å². The summed E-state index contributed by atoms with van der Waals surface area (Å²) in [6.07, 6.45) is 0.194. The molecule has 1 aromatic rings. The quantitative estimate of drug-likeness (QED) is 0.157. The first-order valence-corrected chi connectivity index (χ1v) is 8.34. The van der Waals surface area contributed by atoms with Gasteiger partial charge in [-0.25, -0.2) is 4.98 Å². The van der Waals surface area contributed by atoms with Crippen LogP contribution in [0.3, 0.4) is 0 Å². The molecule has 1 aromatic heterocycles. The van der Waals surface area contributed by atoms with E-state index in [0.717, 1.165) is 5.69 Å². The van der Waals surface area contributed by atoms with Gasteiger partial charge in [0.2, 0.25) is 11.0 Å². The van der Waals surface area contributed by atoms with Crippen LogP contribution in [-0.2, 0) is 21.8 Å². The number of aromatic nitrogens is 1. The van der Waals surface area contributed by atoms with Crippen molar-refractivity contribution in [1.82, 2.24) is 15.2 Å². The lowest BCUT2D eigenvalue weighted by molar-refractivity contribution is -0.121. The molecule has 9 nitrogen and oxygen atoms in total. The molecule has 0 spiro atoms.